The fraction of sp³-hybridized carbons (Fsp3) is 0.167. The second kappa shape index (κ2) is 8.76. The molecule has 164 valence electrons. The topological polar surface area (TPSA) is 81.1 Å². The molecule has 1 aromatic heterocycles. The van der Waals surface area contributed by atoms with Crippen LogP contribution in [0.5, 0.6) is 0 Å². The van der Waals surface area contributed by atoms with Gasteiger partial charge >= 0.3 is 0 Å². The highest BCUT2D eigenvalue weighted by Crippen LogP contribution is 2.28. The van der Waals surface area contributed by atoms with Crippen molar-refractivity contribution in [2.45, 2.75) is 24.8 Å². The van der Waals surface area contributed by atoms with Gasteiger partial charge in [-0.15, -0.1) is 0 Å². The fourth-order valence-corrected chi connectivity index (χ4v) is 4.64. The average Bonchev–Trinajstić information content (AvgIpc) is 3.12. The van der Waals surface area contributed by atoms with E-state index in [1.54, 1.807) is 35.1 Å². The van der Waals surface area contributed by atoms with Gasteiger partial charge in [-0.2, -0.15) is 5.10 Å². The maximum absolute atomic E-state index is 12.6. The Morgan fingerprint density at radius 3 is 2.50 bits per heavy atom. The molecule has 6 nitrogen and oxygen atoms in total. The summed E-state index contributed by atoms with van der Waals surface area (Å²) in [6.07, 6.45) is 2.78. The minimum Gasteiger partial charge on any atom is -0.326 e. The first-order chi connectivity index (χ1) is 15.2. The highest BCUT2D eigenvalue weighted by Gasteiger charge is 2.18. The molecular formula is C24H22ClN3O3S. The molecule has 8 heteroatoms. The van der Waals surface area contributed by atoms with Gasteiger partial charge in [0, 0.05) is 22.4 Å². The zero-order chi connectivity index (χ0) is 22.9. The van der Waals surface area contributed by atoms with Crippen LogP contribution >= 0.6 is 11.6 Å². The molecule has 0 saturated carbocycles. The number of aromatic nitrogens is 2. The molecule has 0 fully saturated rings. The van der Waals surface area contributed by atoms with E-state index in [1.165, 1.54) is 6.07 Å². The van der Waals surface area contributed by atoms with E-state index in [4.69, 9.17) is 11.6 Å². The Kier molecular flexibility index (Phi) is 6.04. The number of aryl methyl sites for hydroxylation is 1. The molecule has 0 aliphatic carbocycles. The first kappa shape index (κ1) is 22.0. The van der Waals surface area contributed by atoms with E-state index in [0.717, 1.165) is 17.4 Å². The average molecular weight is 468 g/mol. The number of rotatable bonds is 6. The van der Waals surface area contributed by atoms with Gasteiger partial charge in [0.25, 0.3) is 0 Å². The van der Waals surface area contributed by atoms with E-state index in [-0.39, 0.29) is 17.2 Å². The van der Waals surface area contributed by atoms with Gasteiger partial charge in [-0.1, -0.05) is 59.6 Å². The number of amides is 1. The molecular weight excluding hydrogens is 446 g/mol. The lowest BCUT2D eigenvalue weighted by molar-refractivity contribution is -0.115. The first-order valence-electron chi connectivity index (χ1n) is 9.99. The zero-order valence-electron chi connectivity index (χ0n) is 17.7. The van der Waals surface area contributed by atoms with Crippen LogP contribution in [0.15, 0.2) is 71.8 Å². The normalized spacial score (nSPS) is 11.6. The quantitative estimate of drug-likeness (QED) is 0.448. The van der Waals surface area contributed by atoms with Crippen molar-refractivity contribution < 1.29 is 13.2 Å². The number of nitrogens with zero attached hydrogens (tertiary/aromatic N) is 2. The molecule has 0 atom stereocenters. The molecule has 1 amide bonds. The van der Waals surface area contributed by atoms with Crippen molar-refractivity contribution in [1.29, 1.82) is 0 Å². The number of hydrogen-bond acceptors (Lipinski definition) is 4. The van der Waals surface area contributed by atoms with Gasteiger partial charge in [-0.3, -0.25) is 9.48 Å². The second-order valence-electron chi connectivity index (χ2n) is 7.78. The van der Waals surface area contributed by atoms with Gasteiger partial charge in [0.2, 0.25) is 5.91 Å². The number of carbonyl (C=O) groups is 1. The van der Waals surface area contributed by atoms with Crippen molar-refractivity contribution in [1.82, 2.24) is 9.78 Å². The Morgan fingerprint density at radius 2 is 1.81 bits per heavy atom. The maximum Gasteiger partial charge on any atom is 0.228 e. The summed E-state index contributed by atoms with van der Waals surface area (Å²) in [5, 5.41) is 8.24. The highest BCUT2D eigenvalue weighted by atomic mass is 35.5. The van der Waals surface area contributed by atoms with Crippen LogP contribution in [0.1, 0.15) is 16.7 Å². The van der Waals surface area contributed by atoms with Crippen molar-refractivity contribution in [2.75, 3.05) is 11.6 Å². The van der Waals surface area contributed by atoms with Gasteiger partial charge < -0.3 is 5.32 Å². The van der Waals surface area contributed by atoms with Crippen LogP contribution in [0.2, 0.25) is 5.02 Å². The summed E-state index contributed by atoms with van der Waals surface area (Å²) >= 11 is 6.16. The largest absolute Gasteiger partial charge is 0.326 e. The van der Waals surface area contributed by atoms with E-state index < -0.39 is 9.84 Å². The molecule has 0 bridgehead atoms. The number of benzene rings is 3. The van der Waals surface area contributed by atoms with Crippen LogP contribution in [0, 0.1) is 6.92 Å². The Bertz CT molecular complexity index is 1410. The zero-order valence-corrected chi connectivity index (χ0v) is 19.2. The lowest BCUT2D eigenvalue weighted by atomic mass is 10.1. The number of hydrogen-bond donors (Lipinski definition) is 1. The van der Waals surface area contributed by atoms with Crippen molar-refractivity contribution >= 4 is 43.9 Å². The molecule has 0 radical (unpaired) electrons. The number of fused-ring (bicyclic) bond motifs is 1. The van der Waals surface area contributed by atoms with E-state index in [9.17, 15) is 13.2 Å². The third-order valence-corrected chi connectivity index (χ3v) is 6.67. The van der Waals surface area contributed by atoms with Crippen molar-refractivity contribution in [3.05, 3.63) is 88.6 Å². The lowest BCUT2D eigenvalue weighted by Crippen LogP contribution is -2.15. The van der Waals surface area contributed by atoms with Crippen LogP contribution in [0.25, 0.3) is 10.9 Å². The van der Waals surface area contributed by atoms with E-state index in [0.29, 0.717) is 33.7 Å². The van der Waals surface area contributed by atoms with E-state index >= 15 is 0 Å². The third-order valence-electron chi connectivity index (χ3n) is 5.17. The van der Waals surface area contributed by atoms with E-state index in [2.05, 4.69) is 10.4 Å². The monoisotopic (exact) mass is 467 g/mol. The Hall–Kier alpha value is -3.16. The fourth-order valence-electron chi connectivity index (χ4n) is 3.54. The number of carbonyl (C=O) groups excluding carboxylic acids is 1. The Morgan fingerprint density at radius 1 is 1.09 bits per heavy atom. The molecule has 0 spiro atoms. The number of anilines is 1. The molecule has 0 saturated heterocycles. The summed E-state index contributed by atoms with van der Waals surface area (Å²) in [6, 6.07) is 18.4. The SMILES string of the molecule is Cc1ccc(Cn2ncc3c(S(C)(=O)=O)cc(NC(=O)Cc4ccccc4Cl)cc32)cc1. The predicted octanol–water partition coefficient (Wildman–Crippen LogP) is 4.63. The summed E-state index contributed by atoms with van der Waals surface area (Å²) in [5.74, 6) is -0.290. The molecule has 32 heavy (non-hydrogen) atoms. The summed E-state index contributed by atoms with van der Waals surface area (Å²) in [7, 11) is -3.54. The maximum atomic E-state index is 12.6. The van der Waals surface area contributed by atoms with Crippen LogP contribution in [-0.4, -0.2) is 30.4 Å². The molecule has 0 aliphatic heterocycles. The molecule has 1 heterocycles. The van der Waals surface area contributed by atoms with Crippen molar-refractivity contribution in [2.24, 2.45) is 0 Å². The van der Waals surface area contributed by atoms with Gasteiger partial charge in [0.1, 0.15) is 0 Å². The van der Waals surface area contributed by atoms with Gasteiger partial charge in [0.15, 0.2) is 9.84 Å². The lowest BCUT2D eigenvalue weighted by Gasteiger charge is -2.11. The molecule has 1 N–H and O–H groups in total. The Labute approximate surface area is 191 Å². The van der Waals surface area contributed by atoms with Crippen LogP contribution in [0.3, 0.4) is 0 Å². The summed E-state index contributed by atoms with van der Waals surface area (Å²) in [5.41, 5.74) is 3.90. The van der Waals surface area contributed by atoms with E-state index in [1.807, 2.05) is 37.3 Å². The predicted molar refractivity (Wildman–Crippen MR) is 127 cm³/mol. The minimum absolute atomic E-state index is 0.0779. The van der Waals surface area contributed by atoms with Gasteiger partial charge in [0.05, 0.1) is 29.6 Å². The van der Waals surface area contributed by atoms with Crippen LogP contribution in [-0.2, 0) is 27.6 Å². The number of nitrogens with one attached hydrogen (secondary N) is 1. The standard InChI is InChI=1S/C24H22ClN3O3S/c1-16-7-9-17(10-8-16)15-28-22-12-19(13-23(32(2,30)31)20(22)14-26-28)27-24(29)11-18-5-3-4-6-21(18)25/h3-10,12-14H,11,15H2,1-2H3,(H,27,29). The third kappa shape index (κ3) is 4.84. The molecule has 4 aromatic rings. The smallest absolute Gasteiger partial charge is 0.228 e. The number of sulfone groups is 1. The minimum atomic E-state index is -3.54. The highest BCUT2D eigenvalue weighted by molar-refractivity contribution is 7.91. The van der Waals surface area contributed by atoms with Crippen LogP contribution in [0.4, 0.5) is 5.69 Å². The summed E-state index contributed by atoms with van der Waals surface area (Å²) in [6.45, 7) is 2.49. The summed E-state index contributed by atoms with van der Waals surface area (Å²) in [4.78, 5) is 12.8. The molecule has 3 aromatic carbocycles. The molecule has 4 rings (SSSR count). The van der Waals surface area contributed by atoms with Gasteiger partial charge in [-0.25, -0.2) is 8.42 Å². The van der Waals surface area contributed by atoms with Crippen molar-refractivity contribution in [3.8, 4) is 0 Å². The second-order valence-corrected chi connectivity index (χ2v) is 10.2. The molecule has 0 aliphatic rings. The Balaban J connectivity index is 1.70. The molecule has 0 unspecified atom stereocenters. The summed E-state index contributed by atoms with van der Waals surface area (Å²) < 4.78 is 26.7. The van der Waals surface area contributed by atoms with Crippen LogP contribution < -0.4 is 5.32 Å². The van der Waals surface area contributed by atoms with Crippen molar-refractivity contribution in [3.63, 3.8) is 0 Å². The van der Waals surface area contributed by atoms with Gasteiger partial charge in [-0.05, 0) is 36.2 Å². The first-order valence-corrected chi connectivity index (χ1v) is 12.3. The number of halogens is 1.